The predicted octanol–water partition coefficient (Wildman–Crippen LogP) is 1.95. The second-order valence-corrected chi connectivity index (χ2v) is 2.71. The van der Waals surface area contributed by atoms with Crippen LogP contribution in [0.15, 0.2) is 0 Å². The van der Waals surface area contributed by atoms with Gasteiger partial charge in [-0.3, -0.25) is 0 Å². The van der Waals surface area contributed by atoms with Crippen molar-refractivity contribution in [2.24, 2.45) is 0 Å². The summed E-state index contributed by atoms with van der Waals surface area (Å²) in [7, 11) is 0. The van der Waals surface area contributed by atoms with E-state index in [0.29, 0.717) is 6.42 Å². The lowest BCUT2D eigenvalue weighted by atomic mass is 10.3. The molecule has 0 amide bonds. The molecule has 0 aliphatic heterocycles. The maximum absolute atomic E-state index is 8.39. The monoisotopic (exact) mass is 162 g/mol. The number of hydrogen-bond donors (Lipinski definition) is 2. The summed E-state index contributed by atoms with van der Waals surface area (Å²) in [6.45, 7) is 6.15. The van der Waals surface area contributed by atoms with Gasteiger partial charge in [0.15, 0.2) is 0 Å². The predicted molar refractivity (Wildman–Crippen MR) is 48.6 cm³/mol. The van der Waals surface area contributed by atoms with E-state index >= 15 is 0 Å². The maximum Gasteiger partial charge on any atom is 0.0533 e. The molecule has 2 N–H and O–H groups in total. The van der Waals surface area contributed by atoms with Gasteiger partial charge in [0.1, 0.15) is 0 Å². The fourth-order valence-electron chi connectivity index (χ4n) is 0.540. The van der Waals surface area contributed by atoms with Crippen LogP contribution >= 0.6 is 0 Å². The minimum atomic E-state index is -0.352. The Bertz CT molecular complexity index is 51.5. The van der Waals surface area contributed by atoms with Crippen molar-refractivity contribution < 1.29 is 10.2 Å². The van der Waals surface area contributed by atoms with Crippen LogP contribution in [0.1, 0.15) is 46.5 Å². The van der Waals surface area contributed by atoms with Crippen molar-refractivity contribution in [3.63, 3.8) is 0 Å². The quantitative estimate of drug-likeness (QED) is 0.663. The average molecular weight is 162 g/mol. The number of aliphatic hydroxyl groups is 2. The number of rotatable bonds is 4. The minimum Gasteiger partial charge on any atom is -0.396 e. The van der Waals surface area contributed by atoms with Crippen molar-refractivity contribution in [1.29, 1.82) is 0 Å². The average Bonchev–Trinajstić information content (AvgIpc) is 1.90. The molecule has 0 aliphatic rings. The zero-order chi connectivity index (χ0) is 9.11. The lowest BCUT2D eigenvalue weighted by Gasteiger charge is -1.95. The highest BCUT2D eigenvalue weighted by Crippen LogP contribution is 1.88. The first-order chi connectivity index (χ1) is 5.18. The van der Waals surface area contributed by atoms with E-state index in [2.05, 4.69) is 13.8 Å². The van der Waals surface area contributed by atoms with Gasteiger partial charge in [0.25, 0.3) is 0 Å². The van der Waals surface area contributed by atoms with Gasteiger partial charge in [0.05, 0.1) is 6.10 Å². The van der Waals surface area contributed by atoms with E-state index in [-0.39, 0.29) is 12.7 Å². The summed E-state index contributed by atoms with van der Waals surface area (Å²) in [5.41, 5.74) is 0. The van der Waals surface area contributed by atoms with E-state index in [9.17, 15) is 0 Å². The topological polar surface area (TPSA) is 40.5 Å². The summed E-state index contributed by atoms with van der Waals surface area (Å²) >= 11 is 0. The van der Waals surface area contributed by atoms with E-state index in [0.717, 1.165) is 0 Å². The van der Waals surface area contributed by atoms with Crippen molar-refractivity contribution in [3.05, 3.63) is 0 Å². The van der Waals surface area contributed by atoms with Crippen molar-refractivity contribution >= 4 is 0 Å². The van der Waals surface area contributed by atoms with Crippen molar-refractivity contribution in [3.8, 4) is 0 Å². The van der Waals surface area contributed by atoms with Gasteiger partial charge >= 0.3 is 0 Å². The van der Waals surface area contributed by atoms with Gasteiger partial charge in [-0.25, -0.2) is 0 Å². The molecule has 0 heterocycles. The van der Waals surface area contributed by atoms with Crippen LogP contribution < -0.4 is 0 Å². The minimum absolute atomic E-state index is 0.0810. The number of hydrogen-bond acceptors (Lipinski definition) is 2. The summed E-state index contributed by atoms with van der Waals surface area (Å²) in [5.74, 6) is 0. The molecule has 1 unspecified atom stereocenters. The van der Waals surface area contributed by atoms with Gasteiger partial charge in [-0.15, -0.1) is 0 Å². The molecule has 0 saturated carbocycles. The highest BCUT2D eigenvalue weighted by molar-refractivity contribution is 4.40. The molecule has 0 fully saturated rings. The molecule has 0 spiro atoms. The van der Waals surface area contributed by atoms with Crippen molar-refractivity contribution in [2.45, 2.75) is 52.6 Å². The molecule has 0 saturated heterocycles. The summed E-state index contributed by atoms with van der Waals surface area (Å²) in [5, 5.41) is 16.5. The van der Waals surface area contributed by atoms with Crippen LogP contribution in [0.2, 0.25) is 0 Å². The van der Waals surface area contributed by atoms with Gasteiger partial charge in [-0.05, 0) is 13.3 Å². The fourth-order valence-corrected chi connectivity index (χ4v) is 0.540. The lowest BCUT2D eigenvalue weighted by Crippen LogP contribution is -2.00. The third kappa shape index (κ3) is 25.7. The fraction of sp³-hybridized carbons (Fsp3) is 1.00. The lowest BCUT2D eigenvalue weighted by molar-refractivity contribution is 0.148. The van der Waals surface area contributed by atoms with E-state index in [1.165, 1.54) is 19.3 Å². The van der Waals surface area contributed by atoms with Crippen molar-refractivity contribution in [1.82, 2.24) is 0 Å². The first-order valence-corrected chi connectivity index (χ1v) is 4.47. The molecular weight excluding hydrogens is 140 g/mol. The number of unbranched alkanes of at least 4 members (excludes halogenated alkanes) is 2. The Morgan fingerprint density at radius 3 is 1.64 bits per heavy atom. The zero-order valence-electron chi connectivity index (χ0n) is 8.01. The molecular formula is C9H22O2. The highest BCUT2D eigenvalue weighted by atomic mass is 16.3. The summed E-state index contributed by atoms with van der Waals surface area (Å²) in [6, 6.07) is 0. The summed E-state index contributed by atoms with van der Waals surface area (Å²) in [4.78, 5) is 0. The normalized spacial score (nSPS) is 11.7. The van der Waals surface area contributed by atoms with E-state index < -0.39 is 0 Å². The third-order valence-electron chi connectivity index (χ3n) is 1.25. The molecule has 2 nitrogen and oxygen atoms in total. The first-order valence-electron chi connectivity index (χ1n) is 4.47. The summed E-state index contributed by atoms with van der Waals surface area (Å²) in [6.07, 6.45) is 4.21. The van der Waals surface area contributed by atoms with Crippen LogP contribution in [0.25, 0.3) is 0 Å². The van der Waals surface area contributed by atoms with E-state index in [1.807, 2.05) is 0 Å². The van der Waals surface area contributed by atoms with E-state index in [4.69, 9.17) is 10.2 Å². The van der Waals surface area contributed by atoms with Gasteiger partial charge in [0, 0.05) is 6.61 Å². The zero-order valence-corrected chi connectivity index (χ0v) is 8.01. The standard InChI is InChI=1S/C5H12.C4H10O2/c1-3-5-4-2;1-4(6)2-3-5/h3-5H2,1-2H3;4-6H,2-3H2,1H3. The Hall–Kier alpha value is -0.0800. The molecule has 70 valence electrons. The molecule has 0 aromatic carbocycles. The van der Waals surface area contributed by atoms with Gasteiger partial charge in [-0.1, -0.05) is 33.1 Å². The molecule has 0 radical (unpaired) electrons. The Kier molecular flexibility index (Phi) is 15.4. The van der Waals surface area contributed by atoms with Crippen molar-refractivity contribution in [2.75, 3.05) is 6.61 Å². The molecule has 0 aliphatic carbocycles. The molecule has 1 atom stereocenters. The Morgan fingerprint density at radius 1 is 1.18 bits per heavy atom. The second kappa shape index (κ2) is 12.6. The first kappa shape index (κ1) is 13.5. The number of aliphatic hydroxyl groups excluding tert-OH is 2. The molecule has 2 heteroatoms. The van der Waals surface area contributed by atoms with Gasteiger partial charge in [-0.2, -0.15) is 0 Å². The van der Waals surface area contributed by atoms with Crippen LogP contribution in [-0.4, -0.2) is 22.9 Å². The maximum atomic E-state index is 8.39. The van der Waals surface area contributed by atoms with Crippen LogP contribution in [0.5, 0.6) is 0 Å². The van der Waals surface area contributed by atoms with Crippen LogP contribution in [0, 0.1) is 0 Å². The Balaban J connectivity index is 0. The second-order valence-electron chi connectivity index (χ2n) is 2.71. The van der Waals surface area contributed by atoms with Crippen LogP contribution in [0.3, 0.4) is 0 Å². The van der Waals surface area contributed by atoms with Crippen LogP contribution in [0.4, 0.5) is 0 Å². The molecule has 0 aromatic heterocycles. The Morgan fingerprint density at radius 2 is 1.64 bits per heavy atom. The highest BCUT2D eigenvalue weighted by Gasteiger charge is 1.88. The van der Waals surface area contributed by atoms with E-state index in [1.54, 1.807) is 6.92 Å². The summed E-state index contributed by atoms with van der Waals surface area (Å²) < 4.78 is 0. The molecule has 0 aromatic rings. The van der Waals surface area contributed by atoms with Gasteiger partial charge in [0.2, 0.25) is 0 Å². The SMILES string of the molecule is CC(O)CCO.CCCCC. The smallest absolute Gasteiger partial charge is 0.0533 e. The largest absolute Gasteiger partial charge is 0.396 e. The molecule has 11 heavy (non-hydrogen) atoms. The molecule has 0 rings (SSSR count). The Labute approximate surface area is 70.3 Å². The van der Waals surface area contributed by atoms with Gasteiger partial charge < -0.3 is 10.2 Å². The third-order valence-corrected chi connectivity index (χ3v) is 1.25. The molecule has 0 bridgehead atoms. The van der Waals surface area contributed by atoms with Crippen LogP contribution in [-0.2, 0) is 0 Å².